The van der Waals surface area contributed by atoms with Crippen LogP contribution in [0, 0.1) is 0 Å². The van der Waals surface area contributed by atoms with Crippen LogP contribution in [0.2, 0.25) is 0 Å². The standard InChI is InChI=1S/C11H22O8/c1-16-2-3-17-4-5-18-11-10(15)9(14)8(13)7(6-12)19-11/h7-15H,2-6H2,1H3/t7?,8-,9+,10?,11+/m1/s1. The van der Waals surface area contributed by atoms with Gasteiger partial charge in [0.15, 0.2) is 6.29 Å². The molecule has 1 heterocycles. The number of methoxy groups -OCH3 is 1. The minimum Gasteiger partial charge on any atom is -0.394 e. The van der Waals surface area contributed by atoms with Crippen molar-refractivity contribution in [2.45, 2.75) is 30.7 Å². The highest BCUT2D eigenvalue weighted by atomic mass is 16.7. The molecule has 2 unspecified atom stereocenters. The Morgan fingerprint density at radius 2 is 1.63 bits per heavy atom. The summed E-state index contributed by atoms with van der Waals surface area (Å²) in [4.78, 5) is 0. The summed E-state index contributed by atoms with van der Waals surface area (Å²) in [6.45, 7) is 0.842. The molecule has 0 spiro atoms. The lowest BCUT2D eigenvalue weighted by Crippen LogP contribution is -2.59. The van der Waals surface area contributed by atoms with Gasteiger partial charge < -0.3 is 39.4 Å². The lowest BCUT2D eigenvalue weighted by atomic mass is 9.99. The van der Waals surface area contributed by atoms with Crippen molar-refractivity contribution in [3.05, 3.63) is 0 Å². The van der Waals surface area contributed by atoms with Crippen LogP contribution in [-0.2, 0) is 18.9 Å². The summed E-state index contributed by atoms with van der Waals surface area (Å²) in [5, 5.41) is 37.7. The van der Waals surface area contributed by atoms with Crippen LogP contribution >= 0.6 is 0 Å². The third-order valence-corrected chi connectivity index (χ3v) is 2.79. The molecule has 0 aromatic rings. The zero-order valence-corrected chi connectivity index (χ0v) is 10.8. The van der Waals surface area contributed by atoms with E-state index in [1.165, 1.54) is 0 Å². The largest absolute Gasteiger partial charge is 0.394 e. The first-order chi connectivity index (χ1) is 9.11. The van der Waals surface area contributed by atoms with Crippen LogP contribution in [-0.4, -0.2) is 91.3 Å². The van der Waals surface area contributed by atoms with Gasteiger partial charge in [0.25, 0.3) is 0 Å². The third kappa shape index (κ3) is 4.93. The molecule has 1 rings (SSSR count). The van der Waals surface area contributed by atoms with E-state index in [1.807, 2.05) is 0 Å². The van der Waals surface area contributed by atoms with Gasteiger partial charge in [0, 0.05) is 7.11 Å². The van der Waals surface area contributed by atoms with Crippen LogP contribution in [0.3, 0.4) is 0 Å². The summed E-state index contributed by atoms with van der Waals surface area (Å²) in [6, 6.07) is 0. The molecule has 0 aliphatic carbocycles. The zero-order chi connectivity index (χ0) is 14.3. The molecule has 0 aromatic heterocycles. The van der Waals surface area contributed by atoms with Gasteiger partial charge in [0.2, 0.25) is 0 Å². The molecule has 19 heavy (non-hydrogen) atoms. The second kappa shape index (κ2) is 8.77. The van der Waals surface area contributed by atoms with E-state index in [-0.39, 0.29) is 13.2 Å². The molecular weight excluding hydrogens is 260 g/mol. The Kier molecular flexibility index (Phi) is 7.73. The minimum atomic E-state index is -1.43. The van der Waals surface area contributed by atoms with Crippen LogP contribution in [0.4, 0.5) is 0 Å². The number of hydrogen-bond acceptors (Lipinski definition) is 8. The average Bonchev–Trinajstić information content (AvgIpc) is 2.42. The summed E-state index contributed by atoms with van der Waals surface area (Å²) in [5.41, 5.74) is 0. The van der Waals surface area contributed by atoms with Crippen molar-refractivity contribution in [2.24, 2.45) is 0 Å². The van der Waals surface area contributed by atoms with Crippen molar-refractivity contribution >= 4 is 0 Å². The molecule has 0 aromatic carbocycles. The molecule has 0 bridgehead atoms. The van der Waals surface area contributed by atoms with E-state index in [0.717, 1.165) is 0 Å². The lowest BCUT2D eigenvalue weighted by Gasteiger charge is -2.39. The maximum atomic E-state index is 9.66. The quantitative estimate of drug-likeness (QED) is 0.360. The number of ether oxygens (including phenoxy) is 4. The fourth-order valence-corrected chi connectivity index (χ4v) is 1.67. The minimum absolute atomic E-state index is 0.145. The van der Waals surface area contributed by atoms with E-state index in [9.17, 15) is 15.3 Å². The molecule has 8 heteroatoms. The normalized spacial score (nSPS) is 35.5. The second-order valence-electron chi connectivity index (χ2n) is 4.17. The van der Waals surface area contributed by atoms with Gasteiger partial charge in [-0.25, -0.2) is 0 Å². The first-order valence-electron chi connectivity index (χ1n) is 6.10. The van der Waals surface area contributed by atoms with Crippen LogP contribution in [0.25, 0.3) is 0 Å². The van der Waals surface area contributed by atoms with Crippen molar-refractivity contribution in [3.63, 3.8) is 0 Å². The molecule has 8 nitrogen and oxygen atoms in total. The van der Waals surface area contributed by atoms with E-state index in [0.29, 0.717) is 13.2 Å². The van der Waals surface area contributed by atoms with E-state index >= 15 is 0 Å². The van der Waals surface area contributed by atoms with Crippen LogP contribution in [0.5, 0.6) is 0 Å². The second-order valence-corrected chi connectivity index (χ2v) is 4.17. The summed E-state index contributed by atoms with van der Waals surface area (Å²) in [6.07, 6.45) is -6.25. The first-order valence-corrected chi connectivity index (χ1v) is 6.10. The Labute approximate surface area is 111 Å². The average molecular weight is 282 g/mol. The molecule has 1 saturated heterocycles. The highest BCUT2D eigenvalue weighted by molar-refractivity contribution is 4.88. The van der Waals surface area contributed by atoms with Crippen molar-refractivity contribution in [1.82, 2.24) is 0 Å². The first kappa shape index (κ1) is 16.7. The molecule has 114 valence electrons. The van der Waals surface area contributed by atoms with Gasteiger partial charge in [0.1, 0.15) is 24.4 Å². The molecule has 0 saturated carbocycles. The van der Waals surface area contributed by atoms with Crippen LogP contribution in [0.1, 0.15) is 0 Å². The summed E-state index contributed by atoms with van der Waals surface area (Å²) in [5.74, 6) is 0. The Morgan fingerprint density at radius 3 is 2.26 bits per heavy atom. The lowest BCUT2D eigenvalue weighted by molar-refractivity contribution is -0.302. The van der Waals surface area contributed by atoms with Gasteiger partial charge in [-0.1, -0.05) is 0 Å². The molecule has 1 fully saturated rings. The Bertz CT molecular complexity index is 237. The fraction of sp³-hybridized carbons (Fsp3) is 1.00. The monoisotopic (exact) mass is 282 g/mol. The van der Waals surface area contributed by atoms with E-state index in [4.69, 9.17) is 24.1 Å². The SMILES string of the molecule is COCCOCCO[C@H]1OC(CO)[C@@H](O)[C@H](O)C1O. The molecule has 5 atom stereocenters. The van der Waals surface area contributed by atoms with Crippen molar-refractivity contribution in [1.29, 1.82) is 0 Å². The number of rotatable bonds is 8. The topological polar surface area (TPSA) is 118 Å². The van der Waals surface area contributed by atoms with Crippen molar-refractivity contribution in [2.75, 3.05) is 40.1 Å². The summed E-state index contributed by atoms with van der Waals surface area (Å²) < 4.78 is 20.3. The highest BCUT2D eigenvalue weighted by Gasteiger charge is 2.43. The summed E-state index contributed by atoms with van der Waals surface area (Å²) >= 11 is 0. The predicted molar refractivity (Wildman–Crippen MR) is 62.4 cm³/mol. The molecule has 4 N–H and O–H groups in total. The van der Waals surface area contributed by atoms with Gasteiger partial charge in [0.05, 0.1) is 33.0 Å². The van der Waals surface area contributed by atoms with Crippen molar-refractivity contribution in [3.8, 4) is 0 Å². The highest BCUT2D eigenvalue weighted by Crippen LogP contribution is 2.21. The Balaban J connectivity index is 2.28. The molecule has 1 aliphatic heterocycles. The molecule has 0 radical (unpaired) electrons. The zero-order valence-electron chi connectivity index (χ0n) is 10.8. The predicted octanol–water partition coefficient (Wildman–Crippen LogP) is -2.53. The fourth-order valence-electron chi connectivity index (χ4n) is 1.67. The van der Waals surface area contributed by atoms with Crippen molar-refractivity contribution < 1.29 is 39.4 Å². The van der Waals surface area contributed by atoms with Crippen LogP contribution < -0.4 is 0 Å². The van der Waals surface area contributed by atoms with Gasteiger partial charge >= 0.3 is 0 Å². The Morgan fingerprint density at radius 1 is 0.947 bits per heavy atom. The summed E-state index contributed by atoms with van der Waals surface area (Å²) in [7, 11) is 1.56. The maximum absolute atomic E-state index is 9.66. The third-order valence-electron chi connectivity index (χ3n) is 2.79. The Hall–Kier alpha value is -0.320. The molecule has 1 aliphatic rings. The van der Waals surface area contributed by atoms with E-state index in [2.05, 4.69) is 0 Å². The number of aliphatic hydroxyl groups is 4. The van der Waals surface area contributed by atoms with Gasteiger partial charge in [-0.05, 0) is 0 Å². The number of hydrogen-bond donors (Lipinski definition) is 4. The van der Waals surface area contributed by atoms with Crippen LogP contribution in [0.15, 0.2) is 0 Å². The van der Waals surface area contributed by atoms with Gasteiger partial charge in [-0.2, -0.15) is 0 Å². The maximum Gasteiger partial charge on any atom is 0.186 e. The molecule has 0 amide bonds. The van der Waals surface area contributed by atoms with E-state index < -0.39 is 37.3 Å². The van der Waals surface area contributed by atoms with Gasteiger partial charge in [-0.15, -0.1) is 0 Å². The molecular formula is C11H22O8. The van der Waals surface area contributed by atoms with Gasteiger partial charge in [-0.3, -0.25) is 0 Å². The smallest absolute Gasteiger partial charge is 0.186 e. The number of aliphatic hydroxyl groups excluding tert-OH is 4. The van der Waals surface area contributed by atoms with E-state index in [1.54, 1.807) is 7.11 Å².